The topological polar surface area (TPSA) is 52.2 Å². The predicted octanol–water partition coefficient (Wildman–Crippen LogP) is 4.79. The third-order valence-corrected chi connectivity index (χ3v) is 6.25. The van der Waals surface area contributed by atoms with Gasteiger partial charge in [-0.05, 0) is 72.1 Å². The molecule has 168 valence electrons. The summed E-state index contributed by atoms with van der Waals surface area (Å²) < 4.78 is 27.4. The summed E-state index contributed by atoms with van der Waals surface area (Å²) in [6.45, 7) is 2.87. The molecule has 5 rings (SSSR count). The highest BCUT2D eigenvalue weighted by Gasteiger charge is 2.22. The van der Waals surface area contributed by atoms with Gasteiger partial charge in [0.1, 0.15) is 11.6 Å². The van der Waals surface area contributed by atoms with Gasteiger partial charge in [-0.25, -0.2) is 8.78 Å². The molecule has 1 amide bonds. The fourth-order valence-electron chi connectivity index (χ4n) is 4.50. The number of aromatic nitrogens is 2. The molecule has 1 aliphatic heterocycles. The van der Waals surface area contributed by atoms with Crippen LogP contribution in [0.15, 0.2) is 67.0 Å². The van der Waals surface area contributed by atoms with Crippen LogP contribution in [0.2, 0.25) is 0 Å². The Bertz CT molecular complexity index is 1260. The zero-order valence-corrected chi connectivity index (χ0v) is 18.1. The number of hydrogen-bond donors (Lipinski definition) is 1. The van der Waals surface area contributed by atoms with Crippen LogP contribution in [0.3, 0.4) is 0 Å². The van der Waals surface area contributed by atoms with Crippen LogP contribution in [0.5, 0.6) is 0 Å². The number of amides is 1. The SMILES string of the molecule is O=C(CCc1c(-c2ccc(F)cc2)[nH]c2ccc(F)cc12)N1CCN(c2ccncc2)CC1. The fourth-order valence-corrected chi connectivity index (χ4v) is 4.50. The standard InChI is InChI=1S/C26H24F2N4O/c27-19-3-1-18(2-4-19)26-22(23-17-20(28)5-7-24(23)30-26)6-8-25(33)32-15-13-31(14-16-32)21-9-11-29-12-10-21/h1-5,7,9-12,17,30H,6,8,13-16H2. The minimum absolute atomic E-state index is 0.0835. The van der Waals surface area contributed by atoms with Crippen molar-refractivity contribution in [1.29, 1.82) is 0 Å². The average Bonchev–Trinajstić information content (AvgIpc) is 3.21. The summed E-state index contributed by atoms with van der Waals surface area (Å²) in [5.74, 6) is -0.560. The first-order valence-corrected chi connectivity index (χ1v) is 11.1. The zero-order chi connectivity index (χ0) is 22.8. The summed E-state index contributed by atoms with van der Waals surface area (Å²) in [5.41, 5.74) is 4.39. The van der Waals surface area contributed by atoms with Gasteiger partial charge in [0.05, 0.1) is 0 Å². The number of nitrogens with one attached hydrogen (secondary N) is 1. The van der Waals surface area contributed by atoms with Crippen molar-refractivity contribution in [3.63, 3.8) is 0 Å². The highest BCUT2D eigenvalue weighted by molar-refractivity contribution is 5.91. The predicted molar refractivity (Wildman–Crippen MR) is 125 cm³/mol. The zero-order valence-electron chi connectivity index (χ0n) is 18.1. The molecule has 0 radical (unpaired) electrons. The van der Waals surface area contributed by atoms with E-state index in [1.807, 2.05) is 17.0 Å². The van der Waals surface area contributed by atoms with E-state index in [1.165, 1.54) is 24.3 Å². The Morgan fingerprint density at radius 3 is 2.33 bits per heavy atom. The van der Waals surface area contributed by atoms with Crippen LogP contribution in [0.25, 0.3) is 22.2 Å². The molecule has 1 saturated heterocycles. The van der Waals surface area contributed by atoms with Gasteiger partial charge in [0.2, 0.25) is 5.91 Å². The van der Waals surface area contributed by atoms with Crippen LogP contribution in [0, 0.1) is 11.6 Å². The number of aryl methyl sites for hydroxylation is 1. The summed E-state index contributed by atoms with van der Waals surface area (Å²) in [4.78, 5) is 24.5. The van der Waals surface area contributed by atoms with E-state index in [4.69, 9.17) is 0 Å². The number of rotatable bonds is 5. The number of piperazine rings is 1. The Morgan fingerprint density at radius 1 is 0.909 bits per heavy atom. The molecule has 2 aromatic carbocycles. The number of carbonyl (C=O) groups is 1. The van der Waals surface area contributed by atoms with Gasteiger partial charge in [-0.3, -0.25) is 9.78 Å². The van der Waals surface area contributed by atoms with E-state index >= 15 is 0 Å². The maximum atomic E-state index is 14.0. The molecule has 2 aromatic heterocycles. The Kier molecular flexibility index (Phi) is 5.77. The molecular weight excluding hydrogens is 422 g/mol. The van der Waals surface area contributed by atoms with Crippen LogP contribution in [0.1, 0.15) is 12.0 Å². The number of halogens is 2. The van der Waals surface area contributed by atoms with E-state index in [2.05, 4.69) is 14.9 Å². The second-order valence-electron chi connectivity index (χ2n) is 8.25. The van der Waals surface area contributed by atoms with Crippen molar-refractivity contribution < 1.29 is 13.6 Å². The number of hydrogen-bond acceptors (Lipinski definition) is 3. The number of anilines is 1. The second kappa shape index (κ2) is 9.02. The molecule has 7 heteroatoms. The minimum Gasteiger partial charge on any atom is -0.368 e. The molecule has 0 saturated carbocycles. The molecule has 5 nitrogen and oxygen atoms in total. The van der Waals surface area contributed by atoms with Crippen LogP contribution in [0.4, 0.5) is 14.5 Å². The first-order valence-electron chi connectivity index (χ1n) is 11.1. The lowest BCUT2D eigenvalue weighted by atomic mass is 10.0. The van der Waals surface area contributed by atoms with Gasteiger partial charge < -0.3 is 14.8 Å². The summed E-state index contributed by atoms with van der Waals surface area (Å²) >= 11 is 0. The Hall–Kier alpha value is -3.74. The monoisotopic (exact) mass is 446 g/mol. The number of fused-ring (bicyclic) bond motifs is 1. The van der Waals surface area contributed by atoms with Gasteiger partial charge in [-0.15, -0.1) is 0 Å². The second-order valence-corrected chi connectivity index (χ2v) is 8.25. The van der Waals surface area contributed by atoms with Gasteiger partial charge in [-0.2, -0.15) is 0 Å². The summed E-state index contributed by atoms with van der Waals surface area (Å²) in [6.07, 6.45) is 4.34. The molecule has 0 bridgehead atoms. The fraction of sp³-hybridized carbons (Fsp3) is 0.231. The molecule has 4 aromatic rings. The number of benzene rings is 2. The van der Waals surface area contributed by atoms with E-state index in [1.54, 1.807) is 30.6 Å². The number of aromatic amines is 1. The van der Waals surface area contributed by atoms with E-state index < -0.39 is 0 Å². The first-order chi connectivity index (χ1) is 16.1. The van der Waals surface area contributed by atoms with Gasteiger partial charge in [0.25, 0.3) is 0 Å². The van der Waals surface area contributed by atoms with E-state index in [-0.39, 0.29) is 17.5 Å². The van der Waals surface area contributed by atoms with Crippen LogP contribution in [-0.4, -0.2) is 47.0 Å². The lowest BCUT2D eigenvalue weighted by molar-refractivity contribution is -0.131. The lowest BCUT2D eigenvalue weighted by Crippen LogP contribution is -2.48. The molecule has 0 atom stereocenters. The quantitative estimate of drug-likeness (QED) is 0.480. The molecular formula is C26H24F2N4O. The van der Waals surface area contributed by atoms with Crippen LogP contribution < -0.4 is 4.90 Å². The van der Waals surface area contributed by atoms with Gasteiger partial charge in [-0.1, -0.05) is 0 Å². The van der Waals surface area contributed by atoms with Crippen LogP contribution >= 0.6 is 0 Å². The molecule has 0 unspecified atom stereocenters. The largest absolute Gasteiger partial charge is 0.368 e. The van der Waals surface area contributed by atoms with Crippen molar-refractivity contribution in [3.05, 3.63) is 84.2 Å². The van der Waals surface area contributed by atoms with E-state index in [0.29, 0.717) is 25.9 Å². The van der Waals surface area contributed by atoms with Gasteiger partial charge in [0.15, 0.2) is 0 Å². The smallest absolute Gasteiger partial charge is 0.223 e. The van der Waals surface area contributed by atoms with Crippen molar-refractivity contribution in [2.24, 2.45) is 0 Å². The first kappa shape index (κ1) is 21.1. The van der Waals surface area contributed by atoms with Gasteiger partial charge in [0, 0.05) is 67.3 Å². The Labute approximate surface area is 190 Å². The Balaban J connectivity index is 1.32. The number of nitrogens with zero attached hydrogens (tertiary/aromatic N) is 3. The maximum absolute atomic E-state index is 14.0. The normalized spacial score (nSPS) is 14.1. The Morgan fingerprint density at radius 2 is 1.61 bits per heavy atom. The molecule has 0 spiro atoms. The van der Waals surface area contributed by atoms with E-state index in [9.17, 15) is 13.6 Å². The molecule has 33 heavy (non-hydrogen) atoms. The van der Waals surface area contributed by atoms with Crippen molar-refractivity contribution in [2.45, 2.75) is 12.8 Å². The van der Waals surface area contributed by atoms with Crippen molar-refractivity contribution in [3.8, 4) is 11.3 Å². The highest BCUT2D eigenvalue weighted by atomic mass is 19.1. The molecule has 1 aliphatic rings. The third kappa shape index (κ3) is 4.44. The van der Waals surface area contributed by atoms with Crippen molar-refractivity contribution >= 4 is 22.5 Å². The minimum atomic E-state index is -0.327. The van der Waals surface area contributed by atoms with Crippen LogP contribution in [-0.2, 0) is 11.2 Å². The maximum Gasteiger partial charge on any atom is 0.223 e. The molecule has 0 aliphatic carbocycles. The average molecular weight is 447 g/mol. The lowest BCUT2D eigenvalue weighted by Gasteiger charge is -2.36. The summed E-state index contributed by atoms with van der Waals surface area (Å²) in [7, 11) is 0. The molecule has 3 heterocycles. The molecule has 1 N–H and O–H groups in total. The van der Waals surface area contributed by atoms with Crippen molar-refractivity contribution in [1.82, 2.24) is 14.9 Å². The highest BCUT2D eigenvalue weighted by Crippen LogP contribution is 2.32. The summed E-state index contributed by atoms with van der Waals surface area (Å²) in [5, 5.41) is 0.754. The molecule has 1 fully saturated rings. The van der Waals surface area contributed by atoms with Gasteiger partial charge >= 0.3 is 0 Å². The third-order valence-electron chi connectivity index (χ3n) is 6.25. The number of pyridine rings is 1. The number of carbonyl (C=O) groups excluding carboxylic acids is 1. The van der Waals surface area contributed by atoms with E-state index in [0.717, 1.165) is 46.5 Å². The van der Waals surface area contributed by atoms with Crippen molar-refractivity contribution in [2.75, 3.05) is 31.1 Å². The number of H-pyrrole nitrogens is 1. The summed E-state index contributed by atoms with van der Waals surface area (Å²) in [6, 6.07) is 14.7.